The molecule has 1 aromatic heterocycles. The Hall–Kier alpha value is -3.03. The molecule has 1 aliphatic heterocycles. The molecule has 3 aliphatic rings. The minimum Gasteiger partial charge on any atom is -0.350 e. The van der Waals surface area contributed by atoms with Crippen LogP contribution in [-0.2, 0) is 15.8 Å². The first-order chi connectivity index (χ1) is 15.4. The van der Waals surface area contributed by atoms with Gasteiger partial charge in [-0.2, -0.15) is 18.4 Å². The number of hydrogen-bond acceptors (Lipinski definition) is 4. The van der Waals surface area contributed by atoms with Crippen molar-refractivity contribution in [1.82, 2.24) is 20.9 Å². The van der Waals surface area contributed by atoms with Crippen LogP contribution in [0.25, 0.3) is 0 Å². The Morgan fingerprint density at radius 1 is 1.24 bits per heavy atom. The summed E-state index contributed by atoms with van der Waals surface area (Å²) in [5.41, 5.74) is -1.67. The highest BCUT2D eigenvalue weighted by Crippen LogP contribution is 2.49. The van der Waals surface area contributed by atoms with Crippen molar-refractivity contribution in [3.63, 3.8) is 0 Å². The molecule has 178 valence electrons. The van der Waals surface area contributed by atoms with E-state index in [1.165, 1.54) is 0 Å². The first-order valence-corrected chi connectivity index (χ1v) is 11.0. The number of alkyl halides is 3. The molecule has 11 heteroatoms. The minimum absolute atomic E-state index is 0.121. The van der Waals surface area contributed by atoms with Gasteiger partial charge in [0.15, 0.2) is 0 Å². The van der Waals surface area contributed by atoms with E-state index in [2.05, 4.69) is 16.0 Å². The summed E-state index contributed by atoms with van der Waals surface area (Å²) < 4.78 is 38.5. The third-order valence-electron chi connectivity index (χ3n) is 6.90. The molecule has 2 heterocycles. The number of nitrogens with zero attached hydrogens (tertiary/aromatic N) is 1. The van der Waals surface area contributed by atoms with Gasteiger partial charge in [-0.15, -0.1) is 0 Å². The summed E-state index contributed by atoms with van der Waals surface area (Å²) >= 11 is 0. The average molecular weight is 465 g/mol. The summed E-state index contributed by atoms with van der Waals surface area (Å²) in [4.78, 5) is 39.8. The van der Waals surface area contributed by atoms with Gasteiger partial charge in [-0.25, -0.2) is 0 Å². The van der Waals surface area contributed by atoms with Gasteiger partial charge in [0.25, 0.3) is 5.91 Å². The molecule has 1 spiro atoms. The second kappa shape index (κ2) is 8.08. The lowest BCUT2D eigenvalue weighted by atomic mass is 9.95. The topological polar surface area (TPSA) is 127 Å². The maximum atomic E-state index is 13.0. The number of H-pyrrole nitrogens is 1. The fourth-order valence-electron chi connectivity index (χ4n) is 4.40. The summed E-state index contributed by atoms with van der Waals surface area (Å²) in [6, 6.07) is 1.84. The van der Waals surface area contributed by atoms with E-state index in [0.29, 0.717) is 12.8 Å². The van der Waals surface area contributed by atoms with E-state index in [0.717, 1.165) is 37.8 Å². The van der Waals surface area contributed by atoms with E-state index in [9.17, 15) is 32.8 Å². The Morgan fingerprint density at radius 2 is 1.94 bits per heavy atom. The molecule has 2 aliphatic carbocycles. The molecule has 3 atom stereocenters. The number of nitrogens with one attached hydrogen (secondary N) is 4. The van der Waals surface area contributed by atoms with Crippen LogP contribution >= 0.6 is 0 Å². The zero-order valence-electron chi connectivity index (χ0n) is 18.1. The van der Waals surface area contributed by atoms with E-state index in [1.54, 1.807) is 0 Å². The SMILES string of the molecule is CC1(CC(NC(=O)c2ccc(C(F)(F)F)[nH]2)C(=O)NC(C#N)CC2CC3(CC3)NC2=O)CC1. The van der Waals surface area contributed by atoms with Crippen LogP contribution in [0.1, 0.15) is 68.1 Å². The predicted molar refractivity (Wildman–Crippen MR) is 109 cm³/mol. The maximum absolute atomic E-state index is 13.0. The highest BCUT2D eigenvalue weighted by Gasteiger charge is 2.52. The maximum Gasteiger partial charge on any atom is 0.431 e. The van der Waals surface area contributed by atoms with Gasteiger partial charge in [0, 0.05) is 11.5 Å². The minimum atomic E-state index is -4.62. The number of hydrogen-bond donors (Lipinski definition) is 4. The summed E-state index contributed by atoms with van der Waals surface area (Å²) in [6.45, 7) is 1.95. The highest BCUT2D eigenvalue weighted by atomic mass is 19.4. The number of aromatic nitrogens is 1. The van der Waals surface area contributed by atoms with Crippen molar-refractivity contribution in [1.29, 1.82) is 5.26 Å². The predicted octanol–water partition coefficient (Wildman–Crippen LogP) is 2.39. The first kappa shape index (κ1) is 23.1. The average Bonchev–Trinajstić information content (AvgIpc) is 3.54. The van der Waals surface area contributed by atoms with E-state index in [-0.39, 0.29) is 34.9 Å². The van der Waals surface area contributed by atoms with Crippen molar-refractivity contribution in [2.24, 2.45) is 11.3 Å². The van der Waals surface area contributed by atoms with Gasteiger partial charge in [0.2, 0.25) is 11.8 Å². The molecular weight excluding hydrogens is 439 g/mol. The van der Waals surface area contributed by atoms with E-state index in [1.807, 2.05) is 18.0 Å². The third-order valence-corrected chi connectivity index (χ3v) is 6.90. The summed E-state index contributed by atoms with van der Waals surface area (Å²) in [5.74, 6) is -1.92. The molecule has 8 nitrogen and oxygen atoms in total. The van der Waals surface area contributed by atoms with E-state index < -0.39 is 35.8 Å². The molecule has 3 fully saturated rings. The van der Waals surface area contributed by atoms with Crippen molar-refractivity contribution in [2.75, 3.05) is 0 Å². The Labute approximate surface area is 188 Å². The van der Waals surface area contributed by atoms with Gasteiger partial charge in [-0.1, -0.05) is 6.92 Å². The molecule has 3 amide bonds. The molecule has 2 saturated carbocycles. The largest absolute Gasteiger partial charge is 0.431 e. The van der Waals surface area contributed by atoms with E-state index >= 15 is 0 Å². The van der Waals surface area contributed by atoms with Crippen molar-refractivity contribution in [2.45, 2.75) is 75.7 Å². The summed E-state index contributed by atoms with van der Waals surface area (Å²) in [7, 11) is 0. The van der Waals surface area contributed by atoms with Gasteiger partial charge >= 0.3 is 6.18 Å². The van der Waals surface area contributed by atoms with Gasteiger partial charge in [-0.05, 0) is 62.5 Å². The van der Waals surface area contributed by atoms with Crippen molar-refractivity contribution >= 4 is 17.7 Å². The lowest BCUT2D eigenvalue weighted by molar-refractivity contribution is -0.140. The van der Waals surface area contributed by atoms with Crippen molar-refractivity contribution in [3.8, 4) is 6.07 Å². The number of carbonyl (C=O) groups is 3. The number of aromatic amines is 1. The quantitative estimate of drug-likeness (QED) is 0.470. The van der Waals surface area contributed by atoms with Crippen LogP contribution in [0.4, 0.5) is 13.2 Å². The molecule has 4 N–H and O–H groups in total. The Kier molecular flexibility index (Phi) is 5.66. The fraction of sp³-hybridized carbons (Fsp3) is 0.636. The number of rotatable bonds is 8. The standard InChI is InChI=1S/C22H26F3N5O3/c1-20(4-5-20)10-15(29-18(32)14-2-3-16(28-14)22(23,24)25)19(33)27-13(11-26)8-12-9-21(6-7-21)30-17(12)31/h2-3,12-13,15,28H,4-10H2,1H3,(H,27,33)(H,29,32)(H,30,31). The molecule has 0 aromatic carbocycles. The van der Waals surface area contributed by atoms with E-state index in [4.69, 9.17) is 0 Å². The molecule has 0 radical (unpaired) electrons. The zero-order chi connectivity index (χ0) is 24.0. The zero-order valence-corrected chi connectivity index (χ0v) is 18.1. The number of halogens is 3. The first-order valence-electron chi connectivity index (χ1n) is 11.0. The monoisotopic (exact) mass is 465 g/mol. The van der Waals surface area contributed by atoms with Crippen molar-refractivity contribution in [3.05, 3.63) is 23.5 Å². The molecule has 1 aromatic rings. The number of amides is 3. The second-order valence-corrected chi connectivity index (χ2v) is 9.92. The molecule has 3 unspecified atom stereocenters. The van der Waals surface area contributed by atoms with Gasteiger partial charge in [0.05, 0.1) is 6.07 Å². The second-order valence-electron chi connectivity index (χ2n) is 9.92. The summed E-state index contributed by atoms with van der Waals surface area (Å²) in [6.07, 6.45) is 0.0240. The van der Waals surface area contributed by atoms with Crippen LogP contribution in [0.3, 0.4) is 0 Å². The van der Waals surface area contributed by atoms with Crippen LogP contribution in [0.15, 0.2) is 12.1 Å². The molecular formula is C22H26F3N5O3. The normalized spacial score (nSPS) is 23.8. The lowest BCUT2D eigenvalue weighted by Crippen LogP contribution is -2.50. The fourth-order valence-corrected chi connectivity index (χ4v) is 4.40. The molecule has 1 saturated heterocycles. The van der Waals surface area contributed by atoms with Crippen LogP contribution in [0.5, 0.6) is 0 Å². The van der Waals surface area contributed by atoms with Crippen molar-refractivity contribution < 1.29 is 27.6 Å². The molecule has 0 bridgehead atoms. The number of carbonyl (C=O) groups excluding carboxylic acids is 3. The molecule has 33 heavy (non-hydrogen) atoms. The third kappa shape index (κ3) is 5.31. The van der Waals surface area contributed by atoms with Gasteiger partial charge < -0.3 is 20.9 Å². The highest BCUT2D eigenvalue weighted by molar-refractivity contribution is 5.96. The summed E-state index contributed by atoms with van der Waals surface area (Å²) in [5, 5.41) is 17.6. The molecule has 4 rings (SSSR count). The lowest BCUT2D eigenvalue weighted by Gasteiger charge is -2.23. The van der Waals surface area contributed by atoms with Crippen LogP contribution in [-0.4, -0.2) is 40.3 Å². The van der Waals surface area contributed by atoms with Gasteiger partial charge in [0.1, 0.15) is 23.5 Å². The van der Waals surface area contributed by atoms with Crippen LogP contribution in [0, 0.1) is 22.7 Å². The Balaban J connectivity index is 1.40. The van der Waals surface area contributed by atoms with Crippen LogP contribution < -0.4 is 16.0 Å². The number of nitriles is 1. The van der Waals surface area contributed by atoms with Gasteiger partial charge in [-0.3, -0.25) is 14.4 Å². The van der Waals surface area contributed by atoms with Crippen LogP contribution in [0.2, 0.25) is 0 Å². The smallest absolute Gasteiger partial charge is 0.350 e. The Bertz CT molecular complexity index is 1000. The Morgan fingerprint density at radius 3 is 2.45 bits per heavy atom.